The topological polar surface area (TPSA) is 211 Å². The predicted molar refractivity (Wildman–Crippen MR) is 100 cm³/mol. The Balaban J connectivity index is 2.41. The van der Waals surface area contributed by atoms with Crippen molar-refractivity contribution in [1.82, 2.24) is 0 Å². The van der Waals surface area contributed by atoms with Gasteiger partial charge < -0.3 is 10.4 Å². The maximum Gasteiger partial charge on any atom is 0.304 e. The molecule has 1 aliphatic carbocycles. The van der Waals surface area contributed by atoms with Gasteiger partial charge in [-0.2, -0.15) is 5.26 Å². The fourth-order valence-electron chi connectivity index (χ4n) is 3.82. The van der Waals surface area contributed by atoms with Gasteiger partial charge in [-0.3, -0.25) is 39.4 Å². The van der Waals surface area contributed by atoms with Crippen molar-refractivity contribution < 1.29 is 34.1 Å². The van der Waals surface area contributed by atoms with E-state index < -0.39 is 74.9 Å². The number of Topliss-reactive ketones (excluding diaryl/α,β-unsaturated/α-hetero) is 2. The number of ketones is 2. The van der Waals surface area contributed by atoms with E-state index in [1.807, 2.05) is 5.32 Å². The first-order valence-corrected chi connectivity index (χ1v) is 8.90. The van der Waals surface area contributed by atoms with Gasteiger partial charge >= 0.3 is 5.97 Å². The van der Waals surface area contributed by atoms with Crippen LogP contribution in [0.3, 0.4) is 0 Å². The summed E-state index contributed by atoms with van der Waals surface area (Å²) in [5.74, 6) is -8.58. The van der Waals surface area contributed by atoms with Gasteiger partial charge in [-0.05, 0) is 12.0 Å². The first kappa shape index (κ1) is 23.1. The van der Waals surface area contributed by atoms with Gasteiger partial charge in [0.15, 0.2) is 0 Å². The Morgan fingerprint density at radius 1 is 1.32 bits per heavy atom. The van der Waals surface area contributed by atoms with Crippen LogP contribution in [0.25, 0.3) is 0 Å². The molecular weight excluding hydrogens is 416 g/mol. The standard InChI is InChI=1S/C18H16N4O9/c1-8-5-12(23)10(6-13(24)25)14(8)16(22(30)31)17(26)18(27)20-15-9(7-19)3-2-4-11(15)21(28)29/h2-4,8,10,14,16H,5-6H2,1H3,(H,20,27)(H,24,25)/t8-,10-,14-,16+/m1/s1. The van der Waals surface area contributed by atoms with Gasteiger partial charge in [0.1, 0.15) is 17.5 Å². The molecule has 13 heteroatoms. The van der Waals surface area contributed by atoms with Crippen LogP contribution in [0.4, 0.5) is 11.4 Å². The Kier molecular flexibility index (Phi) is 6.75. The summed E-state index contributed by atoms with van der Waals surface area (Å²) in [6.45, 7) is 1.43. The molecule has 0 aliphatic heterocycles. The van der Waals surface area contributed by atoms with Crippen LogP contribution < -0.4 is 5.32 Å². The van der Waals surface area contributed by atoms with Gasteiger partial charge in [-0.15, -0.1) is 0 Å². The second-order valence-electron chi connectivity index (χ2n) is 7.05. The molecule has 2 N–H and O–H groups in total. The first-order chi connectivity index (χ1) is 14.5. The smallest absolute Gasteiger partial charge is 0.304 e. The van der Waals surface area contributed by atoms with Crippen molar-refractivity contribution in [3.8, 4) is 6.07 Å². The highest BCUT2D eigenvalue weighted by molar-refractivity contribution is 6.42. The van der Waals surface area contributed by atoms with E-state index in [1.165, 1.54) is 13.0 Å². The lowest BCUT2D eigenvalue weighted by molar-refractivity contribution is -0.518. The third kappa shape index (κ3) is 4.69. The molecule has 0 heterocycles. The number of carboxylic acids is 1. The van der Waals surface area contributed by atoms with E-state index in [1.54, 1.807) is 6.07 Å². The number of amides is 1. The quantitative estimate of drug-likeness (QED) is 0.337. The molecular formula is C18H16N4O9. The molecule has 1 aromatic rings. The van der Waals surface area contributed by atoms with Gasteiger partial charge in [0.2, 0.25) is 0 Å². The van der Waals surface area contributed by atoms with Gasteiger partial charge in [0.05, 0.1) is 16.9 Å². The second kappa shape index (κ2) is 9.08. The van der Waals surface area contributed by atoms with Crippen LogP contribution in [0.5, 0.6) is 0 Å². The Hall–Kier alpha value is -4.21. The number of carboxylic acid groups (broad SMARTS) is 1. The number of nitrogens with one attached hydrogen (secondary N) is 1. The van der Waals surface area contributed by atoms with E-state index in [2.05, 4.69) is 0 Å². The largest absolute Gasteiger partial charge is 0.481 e. The fourth-order valence-corrected chi connectivity index (χ4v) is 3.82. The Bertz CT molecular complexity index is 1030. The summed E-state index contributed by atoms with van der Waals surface area (Å²) >= 11 is 0. The van der Waals surface area contributed by atoms with E-state index in [9.17, 15) is 39.4 Å². The minimum absolute atomic E-state index is 0.190. The molecule has 31 heavy (non-hydrogen) atoms. The number of nitriles is 1. The van der Waals surface area contributed by atoms with Gasteiger partial charge in [-0.1, -0.05) is 13.0 Å². The number of benzene rings is 1. The number of anilines is 1. The molecule has 1 fully saturated rings. The van der Waals surface area contributed by atoms with Crippen LogP contribution in [-0.4, -0.2) is 44.4 Å². The number of hydrogen-bond donors (Lipinski definition) is 2. The Morgan fingerprint density at radius 3 is 2.48 bits per heavy atom. The summed E-state index contributed by atoms with van der Waals surface area (Å²) < 4.78 is 0. The normalized spacial score (nSPS) is 21.0. The maximum absolute atomic E-state index is 12.7. The van der Waals surface area contributed by atoms with Crippen LogP contribution in [0, 0.1) is 49.3 Å². The molecule has 2 rings (SSSR count). The molecule has 0 spiro atoms. The summed E-state index contributed by atoms with van der Waals surface area (Å²) in [5.41, 5.74) is -1.65. The summed E-state index contributed by atoms with van der Waals surface area (Å²) in [6.07, 6.45) is -0.930. The van der Waals surface area contributed by atoms with Crippen LogP contribution in [-0.2, 0) is 19.2 Å². The minimum atomic E-state index is -2.24. The van der Waals surface area contributed by atoms with Crippen LogP contribution in [0.15, 0.2) is 18.2 Å². The predicted octanol–water partition coefficient (Wildman–Crippen LogP) is 0.935. The van der Waals surface area contributed by atoms with E-state index in [4.69, 9.17) is 10.4 Å². The Morgan fingerprint density at radius 2 is 1.97 bits per heavy atom. The molecule has 1 amide bonds. The molecule has 162 valence electrons. The number of carbonyl (C=O) groups is 4. The summed E-state index contributed by atoms with van der Waals surface area (Å²) in [5, 5.41) is 42.9. The van der Waals surface area contributed by atoms with Crippen molar-refractivity contribution in [2.75, 3.05) is 5.32 Å². The molecule has 1 aliphatic rings. The zero-order valence-electron chi connectivity index (χ0n) is 16.0. The van der Waals surface area contributed by atoms with E-state index in [0.717, 1.165) is 12.1 Å². The number of nitro groups is 2. The van der Waals surface area contributed by atoms with Gasteiger partial charge in [-0.25, -0.2) is 0 Å². The lowest BCUT2D eigenvalue weighted by Crippen LogP contribution is -2.47. The van der Waals surface area contributed by atoms with Crippen molar-refractivity contribution in [2.45, 2.75) is 25.8 Å². The maximum atomic E-state index is 12.7. The lowest BCUT2D eigenvalue weighted by atomic mass is 9.80. The molecule has 0 radical (unpaired) electrons. The molecule has 0 aromatic heterocycles. The molecule has 0 bridgehead atoms. The molecule has 4 atom stereocenters. The van der Waals surface area contributed by atoms with Gasteiger partial charge in [0, 0.05) is 29.2 Å². The second-order valence-corrected chi connectivity index (χ2v) is 7.05. The fraction of sp³-hybridized carbons (Fsp3) is 0.389. The molecule has 1 aromatic carbocycles. The number of carbonyl (C=O) groups excluding carboxylic acids is 3. The van der Waals surface area contributed by atoms with E-state index in [-0.39, 0.29) is 12.0 Å². The highest BCUT2D eigenvalue weighted by atomic mass is 16.6. The number of aliphatic carboxylic acids is 1. The van der Waals surface area contributed by atoms with Crippen molar-refractivity contribution in [3.63, 3.8) is 0 Å². The zero-order chi connectivity index (χ0) is 23.5. The van der Waals surface area contributed by atoms with Crippen molar-refractivity contribution in [3.05, 3.63) is 44.0 Å². The molecule has 13 nitrogen and oxygen atoms in total. The average molecular weight is 432 g/mol. The Labute approximate surface area is 173 Å². The highest BCUT2D eigenvalue weighted by Gasteiger charge is 2.54. The van der Waals surface area contributed by atoms with Crippen LogP contribution in [0.1, 0.15) is 25.3 Å². The van der Waals surface area contributed by atoms with Crippen molar-refractivity contribution in [1.29, 1.82) is 5.26 Å². The monoisotopic (exact) mass is 432 g/mol. The highest BCUT2D eigenvalue weighted by Crippen LogP contribution is 2.40. The number of para-hydroxylation sites is 1. The third-order valence-electron chi connectivity index (χ3n) is 5.14. The lowest BCUT2D eigenvalue weighted by Gasteiger charge is -2.22. The van der Waals surface area contributed by atoms with Crippen LogP contribution >= 0.6 is 0 Å². The zero-order valence-corrected chi connectivity index (χ0v) is 16.0. The van der Waals surface area contributed by atoms with E-state index in [0.29, 0.717) is 0 Å². The summed E-state index contributed by atoms with van der Waals surface area (Å²) in [4.78, 5) is 69.2. The number of rotatable bonds is 8. The summed E-state index contributed by atoms with van der Waals surface area (Å²) in [7, 11) is 0. The van der Waals surface area contributed by atoms with Gasteiger partial charge in [0.25, 0.3) is 23.4 Å². The average Bonchev–Trinajstić information content (AvgIpc) is 2.94. The van der Waals surface area contributed by atoms with Crippen molar-refractivity contribution in [2.24, 2.45) is 17.8 Å². The van der Waals surface area contributed by atoms with Crippen LogP contribution in [0.2, 0.25) is 0 Å². The van der Waals surface area contributed by atoms with E-state index >= 15 is 0 Å². The minimum Gasteiger partial charge on any atom is -0.481 e. The number of hydrogen-bond acceptors (Lipinski definition) is 9. The number of nitrogens with zero attached hydrogens (tertiary/aromatic N) is 3. The SMILES string of the molecule is C[C@@H]1CC(=O)[C@@H](CC(=O)O)[C@@H]1[C@@H](C(=O)C(=O)Nc1c(C#N)cccc1[N+](=O)[O-])[N+](=O)[O-]. The molecule has 0 unspecified atom stereocenters. The van der Waals surface area contributed by atoms with Crippen molar-refractivity contribution >= 4 is 34.8 Å². The third-order valence-corrected chi connectivity index (χ3v) is 5.14. The molecule has 1 saturated carbocycles. The summed E-state index contributed by atoms with van der Waals surface area (Å²) in [6, 6.07) is 2.65. The number of nitro benzene ring substituents is 1. The first-order valence-electron chi connectivity index (χ1n) is 8.90. The molecule has 0 saturated heterocycles.